The molecule has 2 nitrogen and oxygen atoms in total. The first-order valence-electron chi connectivity index (χ1n) is 5.35. The van der Waals surface area contributed by atoms with Crippen molar-refractivity contribution in [1.82, 2.24) is 0 Å². The minimum Gasteiger partial charge on any atom is -0.481 e. The molecule has 2 aromatic rings. The van der Waals surface area contributed by atoms with Gasteiger partial charge < -0.3 is 5.11 Å². The Balaban J connectivity index is 2.66. The second-order valence-electron chi connectivity index (χ2n) is 4.61. The summed E-state index contributed by atoms with van der Waals surface area (Å²) in [5.74, 6) is -1.25. The van der Waals surface area contributed by atoms with Gasteiger partial charge in [0.2, 0.25) is 0 Å². The topological polar surface area (TPSA) is 37.3 Å². The van der Waals surface area contributed by atoms with Gasteiger partial charge in [0.1, 0.15) is 5.82 Å². The first kappa shape index (κ1) is 11.6. The van der Waals surface area contributed by atoms with Gasteiger partial charge in [0.25, 0.3) is 0 Å². The minimum absolute atomic E-state index is 0.328. The number of carboxylic acids is 1. The zero-order valence-corrected chi connectivity index (χ0v) is 9.70. The molecule has 0 amide bonds. The number of carbonyl (C=O) groups is 1. The molecule has 17 heavy (non-hydrogen) atoms. The Morgan fingerprint density at radius 2 is 1.94 bits per heavy atom. The molecule has 0 heterocycles. The van der Waals surface area contributed by atoms with Crippen LogP contribution in [0.1, 0.15) is 19.4 Å². The van der Waals surface area contributed by atoms with E-state index in [9.17, 15) is 9.18 Å². The van der Waals surface area contributed by atoms with E-state index in [1.54, 1.807) is 44.2 Å². The van der Waals surface area contributed by atoms with Crippen molar-refractivity contribution in [2.45, 2.75) is 19.3 Å². The van der Waals surface area contributed by atoms with E-state index in [2.05, 4.69) is 0 Å². The second kappa shape index (κ2) is 3.84. The lowest BCUT2D eigenvalue weighted by molar-refractivity contribution is -0.142. The van der Waals surface area contributed by atoms with Gasteiger partial charge in [0.05, 0.1) is 5.41 Å². The fourth-order valence-corrected chi connectivity index (χ4v) is 1.75. The maximum atomic E-state index is 13.6. The summed E-state index contributed by atoms with van der Waals surface area (Å²) in [5.41, 5.74) is -0.418. The average Bonchev–Trinajstić information content (AvgIpc) is 2.29. The molecule has 0 aliphatic rings. The molecule has 2 rings (SSSR count). The molecule has 0 saturated heterocycles. The monoisotopic (exact) mass is 232 g/mol. The van der Waals surface area contributed by atoms with E-state index in [4.69, 9.17) is 5.11 Å². The van der Waals surface area contributed by atoms with Crippen LogP contribution in [-0.4, -0.2) is 11.1 Å². The summed E-state index contributed by atoms with van der Waals surface area (Å²) in [4.78, 5) is 11.1. The third-order valence-electron chi connectivity index (χ3n) is 3.09. The number of halogens is 1. The van der Waals surface area contributed by atoms with Crippen LogP contribution in [0.4, 0.5) is 4.39 Å². The molecule has 0 fully saturated rings. The third kappa shape index (κ3) is 1.88. The number of benzene rings is 2. The molecule has 0 aromatic heterocycles. The van der Waals surface area contributed by atoms with Crippen LogP contribution in [0.25, 0.3) is 10.8 Å². The Morgan fingerprint density at radius 3 is 2.59 bits per heavy atom. The van der Waals surface area contributed by atoms with E-state index in [1.165, 1.54) is 6.07 Å². The maximum absolute atomic E-state index is 13.6. The van der Waals surface area contributed by atoms with Gasteiger partial charge in [-0.05, 0) is 36.9 Å². The van der Waals surface area contributed by atoms with E-state index >= 15 is 0 Å². The lowest BCUT2D eigenvalue weighted by Crippen LogP contribution is -2.28. The van der Waals surface area contributed by atoms with Crippen molar-refractivity contribution in [2.75, 3.05) is 0 Å². The van der Waals surface area contributed by atoms with Crippen LogP contribution in [0.2, 0.25) is 0 Å². The van der Waals surface area contributed by atoms with Gasteiger partial charge in [-0.2, -0.15) is 0 Å². The lowest BCUT2D eigenvalue weighted by atomic mass is 9.84. The Morgan fingerprint density at radius 1 is 1.24 bits per heavy atom. The van der Waals surface area contributed by atoms with Gasteiger partial charge in [0, 0.05) is 5.39 Å². The largest absolute Gasteiger partial charge is 0.481 e. The third-order valence-corrected chi connectivity index (χ3v) is 3.09. The summed E-state index contributed by atoms with van der Waals surface area (Å²) in [5, 5.41) is 10.4. The minimum atomic E-state index is -1.02. The smallest absolute Gasteiger partial charge is 0.313 e. The van der Waals surface area contributed by atoms with Gasteiger partial charge in [-0.25, -0.2) is 4.39 Å². The highest BCUT2D eigenvalue weighted by Crippen LogP contribution is 2.28. The zero-order chi connectivity index (χ0) is 12.6. The van der Waals surface area contributed by atoms with Crippen LogP contribution in [0.5, 0.6) is 0 Å². The molecule has 0 unspecified atom stereocenters. The molecule has 0 bridgehead atoms. The Bertz CT molecular complexity index is 588. The molecule has 0 spiro atoms. The highest BCUT2D eigenvalue weighted by molar-refractivity contribution is 5.87. The Kier molecular flexibility index (Phi) is 2.62. The normalized spacial score (nSPS) is 11.7. The van der Waals surface area contributed by atoms with E-state index in [0.29, 0.717) is 10.9 Å². The fraction of sp³-hybridized carbons (Fsp3) is 0.214. The number of rotatable bonds is 2. The standard InChI is InChI=1S/C14H13FO2/c1-14(2,13(16)17)10-7-6-9-4-3-5-12(15)11(9)8-10/h3-8H,1-2H3,(H,16,17). The van der Waals surface area contributed by atoms with Crippen molar-refractivity contribution in [3.8, 4) is 0 Å². The van der Waals surface area contributed by atoms with Crippen LogP contribution < -0.4 is 0 Å². The first-order valence-corrected chi connectivity index (χ1v) is 5.35. The maximum Gasteiger partial charge on any atom is 0.313 e. The Labute approximate surface area is 98.7 Å². The molecule has 3 heteroatoms. The summed E-state index contributed by atoms with van der Waals surface area (Å²) in [6.45, 7) is 3.22. The Hall–Kier alpha value is -1.90. The van der Waals surface area contributed by atoms with E-state index in [-0.39, 0.29) is 5.82 Å². The van der Waals surface area contributed by atoms with Crippen LogP contribution >= 0.6 is 0 Å². The molecule has 0 aliphatic carbocycles. The number of carboxylic acid groups (broad SMARTS) is 1. The van der Waals surface area contributed by atoms with E-state index < -0.39 is 11.4 Å². The molecule has 88 valence electrons. The van der Waals surface area contributed by atoms with Crippen molar-refractivity contribution in [3.05, 3.63) is 47.8 Å². The molecule has 1 N–H and O–H groups in total. The number of hydrogen-bond donors (Lipinski definition) is 1. The molecular weight excluding hydrogens is 219 g/mol. The second-order valence-corrected chi connectivity index (χ2v) is 4.61. The zero-order valence-electron chi connectivity index (χ0n) is 9.70. The predicted molar refractivity (Wildman–Crippen MR) is 64.6 cm³/mol. The quantitative estimate of drug-likeness (QED) is 0.862. The highest BCUT2D eigenvalue weighted by atomic mass is 19.1. The van der Waals surface area contributed by atoms with Gasteiger partial charge in [0.15, 0.2) is 0 Å². The summed E-state index contributed by atoms with van der Waals surface area (Å²) < 4.78 is 13.6. The molecule has 0 aliphatic heterocycles. The van der Waals surface area contributed by atoms with Crippen molar-refractivity contribution < 1.29 is 14.3 Å². The number of hydrogen-bond acceptors (Lipinski definition) is 1. The van der Waals surface area contributed by atoms with Crippen molar-refractivity contribution in [1.29, 1.82) is 0 Å². The SMILES string of the molecule is CC(C)(C(=O)O)c1ccc2cccc(F)c2c1. The molecule has 2 aromatic carbocycles. The van der Waals surface area contributed by atoms with Gasteiger partial charge in [-0.3, -0.25) is 4.79 Å². The number of aliphatic carboxylic acids is 1. The number of fused-ring (bicyclic) bond motifs is 1. The van der Waals surface area contributed by atoms with Crippen LogP contribution in [0.3, 0.4) is 0 Å². The summed E-state index contributed by atoms with van der Waals surface area (Å²) in [6, 6.07) is 9.91. The summed E-state index contributed by atoms with van der Waals surface area (Å²) >= 11 is 0. The fourth-order valence-electron chi connectivity index (χ4n) is 1.75. The van der Waals surface area contributed by atoms with Crippen molar-refractivity contribution in [2.24, 2.45) is 0 Å². The van der Waals surface area contributed by atoms with Crippen molar-refractivity contribution in [3.63, 3.8) is 0 Å². The van der Waals surface area contributed by atoms with Gasteiger partial charge >= 0.3 is 5.97 Å². The van der Waals surface area contributed by atoms with E-state index in [0.717, 1.165) is 5.39 Å². The van der Waals surface area contributed by atoms with Crippen molar-refractivity contribution >= 4 is 16.7 Å². The van der Waals surface area contributed by atoms with E-state index in [1.807, 2.05) is 0 Å². The summed E-state index contributed by atoms with van der Waals surface area (Å²) in [6.07, 6.45) is 0. The van der Waals surface area contributed by atoms with Gasteiger partial charge in [-0.15, -0.1) is 0 Å². The molecule has 0 atom stereocenters. The van der Waals surface area contributed by atoms with Crippen LogP contribution in [0.15, 0.2) is 36.4 Å². The summed E-state index contributed by atoms with van der Waals surface area (Å²) in [7, 11) is 0. The van der Waals surface area contributed by atoms with Crippen LogP contribution in [-0.2, 0) is 10.2 Å². The molecule has 0 radical (unpaired) electrons. The van der Waals surface area contributed by atoms with Crippen LogP contribution in [0, 0.1) is 5.82 Å². The predicted octanol–water partition coefficient (Wildman–Crippen LogP) is 3.34. The lowest BCUT2D eigenvalue weighted by Gasteiger charge is -2.20. The average molecular weight is 232 g/mol. The highest BCUT2D eigenvalue weighted by Gasteiger charge is 2.29. The molecular formula is C14H13FO2. The first-order chi connectivity index (χ1) is 7.93. The van der Waals surface area contributed by atoms with Gasteiger partial charge in [-0.1, -0.05) is 24.3 Å². The molecule has 0 saturated carbocycles.